The van der Waals surface area contributed by atoms with Gasteiger partial charge in [-0.05, 0) is 24.3 Å². The first-order chi connectivity index (χ1) is 8.25. The Kier molecular flexibility index (Phi) is 3.25. The summed E-state index contributed by atoms with van der Waals surface area (Å²) in [5, 5.41) is 10.9. The summed E-state index contributed by atoms with van der Waals surface area (Å²) in [7, 11) is 0. The van der Waals surface area contributed by atoms with Gasteiger partial charge < -0.3 is 9.94 Å². The molecule has 1 aliphatic carbocycles. The van der Waals surface area contributed by atoms with E-state index in [1.165, 1.54) is 6.08 Å². The molecule has 18 heavy (non-hydrogen) atoms. The highest BCUT2D eigenvalue weighted by molar-refractivity contribution is 8.93. The van der Waals surface area contributed by atoms with Gasteiger partial charge in [0.15, 0.2) is 11.5 Å². The average molecular weight is 308 g/mol. The Bertz CT molecular complexity index is 579. The molecule has 0 spiro atoms. The fraction of sp³-hybridized carbons (Fsp3) is 0. The number of aliphatic hydroxyl groups excluding tert-OH is 1. The molecule has 0 saturated heterocycles. The summed E-state index contributed by atoms with van der Waals surface area (Å²) in [5.41, 5.74) is 1.21. The number of aliphatic hydroxyl groups is 1. The van der Waals surface area contributed by atoms with Crippen molar-refractivity contribution >= 4 is 22.8 Å². The molecular formula is C13H10BrNO3. The van der Waals surface area contributed by atoms with Crippen LogP contribution >= 0.6 is 17.0 Å². The lowest BCUT2D eigenvalue weighted by Crippen LogP contribution is -2.13. The topological polar surface area (TPSA) is 49.8 Å². The van der Waals surface area contributed by atoms with E-state index >= 15 is 0 Å². The number of halogens is 1. The molecule has 0 fully saturated rings. The summed E-state index contributed by atoms with van der Waals surface area (Å²) in [4.78, 5) is 17.2. The third kappa shape index (κ3) is 1.93. The Labute approximate surface area is 114 Å². The predicted molar refractivity (Wildman–Crippen MR) is 71.5 cm³/mol. The van der Waals surface area contributed by atoms with Gasteiger partial charge in [-0.2, -0.15) is 5.06 Å². The zero-order chi connectivity index (χ0) is 11.8. The van der Waals surface area contributed by atoms with Crippen molar-refractivity contribution in [2.45, 2.75) is 0 Å². The highest BCUT2D eigenvalue weighted by Crippen LogP contribution is 2.29. The standard InChI is InChI=1S/C13H9NO3.BrH/c15-11-6-3-5-10(13(11)16)12-8-9-4-1-2-7-14(9)17-12;/h1-8,15H;1H/b12-10+;. The summed E-state index contributed by atoms with van der Waals surface area (Å²) in [6.45, 7) is 0. The molecule has 0 radical (unpaired) electrons. The molecule has 3 rings (SSSR count). The summed E-state index contributed by atoms with van der Waals surface area (Å²) < 4.78 is 0. The van der Waals surface area contributed by atoms with Crippen LogP contribution in [-0.4, -0.2) is 16.0 Å². The Hall–Kier alpha value is -2.01. The van der Waals surface area contributed by atoms with E-state index in [2.05, 4.69) is 0 Å². The van der Waals surface area contributed by atoms with E-state index < -0.39 is 5.78 Å². The Morgan fingerprint density at radius 2 is 2.00 bits per heavy atom. The van der Waals surface area contributed by atoms with Gasteiger partial charge >= 0.3 is 0 Å². The van der Waals surface area contributed by atoms with Crippen LogP contribution in [0.1, 0.15) is 0 Å². The molecule has 0 unspecified atom stereocenters. The van der Waals surface area contributed by atoms with Gasteiger partial charge in [0.05, 0.1) is 11.3 Å². The number of allylic oxidation sites excluding steroid dienone is 8. The largest absolute Gasteiger partial charge is 0.504 e. The van der Waals surface area contributed by atoms with E-state index in [1.807, 2.05) is 18.2 Å². The maximum absolute atomic E-state index is 11.7. The number of hydroxylamine groups is 2. The predicted octanol–water partition coefficient (Wildman–Crippen LogP) is 2.61. The third-order valence-electron chi connectivity index (χ3n) is 2.59. The van der Waals surface area contributed by atoms with E-state index in [9.17, 15) is 9.90 Å². The highest BCUT2D eigenvalue weighted by Gasteiger charge is 2.25. The number of nitrogens with zero attached hydrogens (tertiary/aromatic N) is 1. The van der Waals surface area contributed by atoms with Crippen LogP contribution in [0.5, 0.6) is 0 Å². The number of fused-ring (bicyclic) bond motifs is 1. The minimum atomic E-state index is -0.424. The van der Waals surface area contributed by atoms with Gasteiger partial charge in [0, 0.05) is 12.3 Å². The molecular weight excluding hydrogens is 298 g/mol. The van der Waals surface area contributed by atoms with Crippen LogP contribution in [0.3, 0.4) is 0 Å². The molecule has 5 heteroatoms. The zero-order valence-corrected chi connectivity index (χ0v) is 11.0. The van der Waals surface area contributed by atoms with Crippen molar-refractivity contribution in [3.05, 3.63) is 71.5 Å². The van der Waals surface area contributed by atoms with Crippen LogP contribution in [0.25, 0.3) is 0 Å². The van der Waals surface area contributed by atoms with Crippen LogP contribution < -0.4 is 0 Å². The van der Waals surface area contributed by atoms with Crippen molar-refractivity contribution in [3.8, 4) is 0 Å². The second-order valence-corrected chi connectivity index (χ2v) is 3.70. The monoisotopic (exact) mass is 307 g/mol. The lowest BCUT2D eigenvalue weighted by molar-refractivity contribution is -0.114. The van der Waals surface area contributed by atoms with Crippen molar-refractivity contribution in [2.75, 3.05) is 0 Å². The first kappa shape index (κ1) is 12.4. The van der Waals surface area contributed by atoms with Gasteiger partial charge in [0.1, 0.15) is 0 Å². The Morgan fingerprint density at radius 1 is 1.17 bits per heavy atom. The maximum atomic E-state index is 11.7. The van der Waals surface area contributed by atoms with Gasteiger partial charge in [-0.3, -0.25) is 4.79 Å². The average Bonchev–Trinajstić information content (AvgIpc) is 2.76. The quantitative estimate of drug-likeness (QED) is 0.699. The summed E-state index contributed by atoms with van der Waals surface area (Å²) in [6, 6.07) is 0. The van der Waals surface area contributed by atoms with Gasteiger partial charge in [0.25, 0.3) is 0 Å². The number of ketones is 1. The fourth-order valence-electron chi connectivity index (χ4n) is 1.75. The molecule has 3 aliphatic rings. The molecule has 2 aliphatic heterocycles. The van der Waals surface area contributed by atoms with Crippen LogP contribution in [0.15, 0.2) is 71.5 Å². The summed E-state index contributed by atoms with van der Waals surface area (Å²) in [6.07, 6.45) is 13.7. The van der Waals surface area contributed by atoms with E-state index in [0.29, 0.717) is 11.3 Å². The smallest absolute Gasteiger partial charge is 0.231 e. The lowest BCUT2D eigenvalue weighted by atomic mass is 10.0. The number of Topliss-reactive ketones (excluding diaryl/α,β-unsaturated/α-hetero) is 1. The summed E-state index contributed by atoms with van der Waals surface area (Å²) >= 11 is 0. The fourth-order valence-corrected chi connectivity index (χ4v) is 1.75. The maximum Gasteiger partial charge on any atom is 0.231 e. The van der Waals surface area contributed by atoms with Gasteiger partial charge in [-0.1, -0.05) is 12.2 Å². The Balaban J connectivity index is 0.00000120. The molecule has 0 saturated carbocycles. The normalized spacial score (nSPS) is 24.2. The van der Waals surface area contributed by atoms with Gasteiger partial charge in [-0.15, -0.1) is 17.0 Å². The highest BCUT2D eigenvalue weighted by atomic mass is 79.9. The second kappa shape index (κ2) is 4.70. The van der Waals surface area contributed by atoms with Crippen LogP contribution in [0, 0.1) is 0 Å². The molecule has 0 atom stereocenters. The molecule has 92 valence electrons. The zero-order valence-electron chi connectivity index (χ0n) is 9.24. The van der Waals surface area contributed by atoms with Crippen molar-refractivity contribution < 1.29 is 14.7 Å². The van der Waals surface area contributed by atoms with E-state index in [1.54, 1.807) is 29.5 Å². The number of rotatable bonds is 0. The minimum Gasteiger partial charge on any atom is -0.504 e. The number of hydrogen-bond donors (Lipinski definition) is 1. The van der Waals surface area contributed by atoms with E-state index in [4.69, 9.17) is 4.84 Å². The van der Waals surface area contributed by atoms with Crippen LogP contribution in [0.4, 0.5) is 0 Å². The molecule has 0 aromatic carbocycles. The SMILES string of the molecule is Br.O=C1C(O)=CC=C/C1=C1/C=C2C=CC=CN2O1. The molecule has 0 amide bonds. The van der Waals surface area contributed by atoms with Crippen molar-refractivity contribution in [3.63, 3.8) is 0 Å². The molecule has 0 aromatic heterocycles. The van der Waals surface area contributed by atoms with Gasteiger partial charge in [-0.25, -0.2) is 0 Å². The minimum absolute atomic E-state index is 0. The van der Waals surface area contributed by atoms with E-state index in [0.717, 1.165) is 5.70 Å². The summed E-state index contributed by atoms with van der Waals surface area (Å²) in [5.74, 6) is -0.253. The Morgan fingerprint density at radius 3 is 2.78 bits per heavy atom. The third-order valence-corrected chi connectivity index (χ3v) is 2.59. The molecule has 2 heterocycles. The molecule has 1 N–H and O–H groups in total. The molecule has 4 nitrogen and oxygen atoms in total. The van der Waals surface area contributed by atoms with Crippen LogP contribution in [-0.2, 0) is 9.63 Å². The van der Waals surface area contributed by atoms with Crippen molar-refractivity contribution in [1.82, 2.24) is 5.06 Å². The molecule has 0 bridgehead atoms. The number of carbonyl (C=O) groups is 1. The molecule has 0 aromatic rings. The number of carbonyl (C=O) groups excluding carboxylic acids is 1. The lowest BCUT2D eigenvalue weighted by Gasteiger charge is -2.16. The first-order valence-corrected chi connectivity index (χ1v) is 5.16. The van der Waals surface area contributed by atoms with Crippen molar-refractivity contribution in [1.29, 1.82) is 0 Å². The van der Waals surface area contributed by atoms with E-state index in [-0.39, 0.29) is 22.7 Å². The van der Waals surface area contributed by atoms with Gasteiger partial charge in [0.2, 0.25) is 5.78 Å². The first-order valence-electron chi connectivity index (χ1n) is 5.16. The van der Waals surface area contributed by atoms with Crippen molar-refractivity contribution in [2.24, 2.45) is 0 Å². The van der Waals surface area contributed by atoms with Crippen LogP contribution in [0.2, 0.25) is 0 Å². The second-order valence-electron chi connectivity index (χ2n) is 3.70. The number of hydrogen-bond acceptors (Lipinski definition) is 4.